The fourth-order valence-electron chi connectivity index (χ4n) is 4.03. The number of carbonyl (C=O) groups is 1. The number of nitrogens with two attached hydrogens (primary N) is 1. The number of hydrogen-bond donors (Lipinski definition) is 2. The highest BCUT2D eigenvalue weighted by Gasteiger charge is 2.18. The maximum absolute atomic E-state index is 14.9. The summed E-state index contributed by atoms with van der Waals surface area (Å²) in [6, 6.07) is 15.8. The zero-order valence-electron chi connectivity index (χ0n) is 19.1. The zero-order chi connectivity index (χ0) is 24.2. The van der Waals surface area contributed by atoms with Gasteiger partial charge in [0.2, 0.25) is 0 Å². The number of halogens is 1. The van der Waals surface area contributed by atoms with Gasteiger partial charge in [0.1, 0.15) is 35.3 Å². The summed E-state index contributed by atoms with van der Waals surface area (Å²) in [6.07, 6.45) is 0.465. The lowest BCUT2D eigenvalue weighted by molar-refractivity contribution is -0.136. The Labute approximate surface area is 196 Å². The molecule has 0 saturated heterocycles. The predicted molar refractivity (Wildman–Crippen MR) is 128 cm³/mol. The van der Waals surface area contributed by atoms with Gasteiger partial charge in [0.15, 0.2) is 0 Å². The normalized spacial score (nSPS) is 11.1. The Balaban J connectivity index is 1.73. The van der Waals surface area contributed by atoms with Gasteiger partial charge in [0, 0.05) is 46.7 Å². The van der Waals surface area contributed by atoms with E-state index < -0.39 is 5.97 Å². The van der Waals surface area contributed by atoms with E-state index >= 15 is 0 Å². The van der Waals surface area contributed by atoms with Crippen LogP contribution in [0.3, 0.4) is 0 Å². The van der Waals surface area contributed by atoms with Gasteiger partial charge < -0.3 is 24.7 Å². The summed E-state index contributed by atoms with van der Waals surface area (Å²) < 4.78 is 32.3. The van der Waals surface area contributed by atoms with Crippen LogP contribution in [0.1, 0.15) is 29.4 Å². The number of aliphatic carboxylic acids is 1. The molecule has 0 radical (unpaired) electrons. The Morgan fingerprint density at radius 2 is 1.94 bits per heavy atom. The van der Waals surface area contributed by atoms with Crippen molar-refractivity contribution in [3.8, 4) is 22.6 Å². The molecule has 176 valence electrons. The molecule has 6 nitrogen and oxygen atoms in total. The van der Waals surface area contributed by atoms with Crippen molar-refractivity contribution in [2.24, 2.45) is 5.73 Å². The van der Waals surface area contributed by atoms with E-state index in [1.165, 1.54) is 7.11 Å². The van der Waals surface area contributed by atoms with Gasteiger partial charge in [-0.05, 0) is 23.8 Å². The average Bonchev–Trinajstić information content (AvgIpc) is 3.20. The predicted octanol–water partition coefficient (Wildman–Crippen LogP) is 5.47. The highest BCUT2D eigenvalue weighted by Crippen LogP contribution is 2.34. The smallest absolute Gasteiger partial charge is 0.307 e. The number of benzene rings is 3. The standard InChI is InChI=1S/C27H26FNO5/c1-3-23-22(15-33-25-13-19(32-2)9-7-17(25)12-26(30)31)21-11-16(8-10-24(21)34-23)20-6-4-5-18(14-29)27(20)28/h4-11,13H,3,12,14-15,29H2,1-2H3,(H,30,31). The van der Waals surface area contributed by atoms with E-state index in [9.17, 15) is 14.3 Å². The van der Waals surface area contributed by atoms with Crippen molar-refractivity contribution >= 4 is 16.9 Å². The molecule has 4 rings (SSSR count). The highest BCUT2D eigenvalue weighted by molar-refractivity contribution is 5.87. The van der Waals surface area contributed by atoms with E-state index in [2.05, 4.69) is 0 Å². The summed E-state index contributed by atoms with van der Waals surface area (Å²) in [5.41, 5.74) is 9.34. The number of hydrogen-bond acceptors (Lipinski definition) is 5. The van der Waals surface area contributed by atoms with Crippen molar-refractivity contribution in [3.05, 3.63) is 82.9 Å². The molecule has 0 amide bonds. The Bertz CT molecular complexity index is 1340. The minimum Gasteiger partial charge on any atom is -0.497 e. The zero-order valence-corrected chi connectivity index (χ0v) is 19.1. The number of rotatable bonds is 9. The van der Waals surface area contributed by atoms with Gasteiger partial charge in [-0.1, -0.05) is 37.3 Å². The molecule has 0 unspecified atom stereocenters. The molecule has 0 atom stereocenters. The summed E-state index contributed by atoms with van der Waals surface area (Å²) in [7, 11) is 1.54. The first-order valence-electron chi connectivity index (χ1n) is 11.0. The molecule has 0 bridgehead atoms. The third-order valence-electron chi connectivity index (χ3n) is 5.79. The quantitative estimate of drug-likeness (QED) is 0.342. The minimum atomic E-state index is -0.954. The molecule has 1 heterocycles. The van der Waals surface area contributed by atoms with Gasteiger partial charge in [0.25, 0.3) is 0 Å². The second kappa shape index (κ2) is 9.97. The Morgan fingerprint density at radius 1 is 1.12 bits per heavy atom. The molecule has 0 aliphatic carbocycles. The number of carboxylic acid groups (broad SMARTS) is 1. The molecule has 1 aromatic heterocycles. The lowest BCUT2D eigenvalue weighted by Crippen LogP contribution is -2.05. The summed E-state index contributed by atoms with van der Waals surface area (Å²) in [4.78, 5) is 11.3. The van der Waals surface area contributed by atoms with Crippen LogP contribution in [0.25, 0.3) is 22.1 Å². The Kier molecular flexibility index (Phi) is 6.84. The molecule has 3 aromatic carbocycles. The number of fused-ring (bicyclic) bond motifs is 1. The van der Waals surface area contributed by atoms with Gasteiger partial charge in [-0.15, -0.1) is 0 Å². The highest BCUT2D eigenvalue weighted by atomic mass is 19.1. The minimum absolute atomic E-state index is 0.117. The van der Waals surface area contributed by atoms with Crippen molar-refractivity contribution in [2.75, 3.05) is 7.11 Å². The number of ether oxygens (including phenoxy) is 2. The molecule has 34 heavy (non-hydrogen) atoms. The van der Waals surface area contributed by atoms with Gasteiger partial charge in [-0.25, -0.2) is 4.39 Å². The van der Waals surface area contributed by atoms with Crippen molar-refractivity contribution in [1.82, 2.24) is 0 Å². The van der Waals surface area contributed by atoms with Crippen molar-refractivity contribution in [1.29, 1.82) is 0 Å². The second-order valence-corrected chi connectivity index (χ2v) is 7.88. The maximum Gasteiger partial charge on any atom is 0.307 e. The van der Waals surface area contributed by atoms with Gasteiger partial charge >= 0.3 is 5.97 Å². The average molecular weight is 464 g/mol. The molecule has 4 aromatic rings. The van der Waals surface area contributed by atoms with Crippen LogP contribution in [0, 0.1) is 5.82 Å². The summed E-state index contributed by atoms with van der Waals surface area (Å²) in [5.74, 6) is 0.455. The Hall–Kier alpha value is -3.84. The van der Waals surface area contributed by atoms with E-state index in [0.717, 1.165) is 16.7 Å². The van der Waals surface area contributed by atoms with E-state index in [1.54, 1.807) is 36.4 Å². The first kappa shape index (κ1) is 23.3. The molecule has 0 aliphatic rings. The first-order chi connectivity index (χ1) is 16.4. The monoisotopic (exact) mass is 463 g/mol. The van der Waals surface area contributed by atoms with Gasteiger partial charge in [-0.3, -0.25) is 4.79 Å². The fourth-order valence-corrected chi connectivity index (χ4v) is 4.03. The SMILES string of the molecule is CCc1oc2ccc(-c3cccc(CN)c3F)cc2c1COc1cc(OC)ccc1CC(=O)O. The van der Waals surface area contributed by atoms with E-state index in [0.29, 0.717) is 45.8 Å². The fraction of sp³-hybridized carbons (Fsp3) is 0.222. The van der Waals surface area contributed by atoms with E-state index in [4.69, 9.17) is 19.6 Å². The van der Waals surface area contributed by atoms with Crippen molar-refractivity contribution in [2.45, 2.75) is 32.9 Å². The van der Waals surface area contributed by atoms with E-state index in [1.807, 2.05) is 25.1 Å². The van der Waals surface area contributed by atoms with E-state index in [-0.39, 0.29) is 25.4 Å². The van der Waals surface area contributed by atoms with Crippen LogP contribution in [-0.2, 0) is 30.8 Å². The third-order valence-corrected chi connectivity index (χ3v) is 5.79. The summed E-state index contributed by atoms with van der Waals surface area (Å²) in [6.45, 7) is 2.25. The van der Waals surface area contributed by atoms with Crippen LogP contribution in [0.5, 0.6) is 11.5 Å². The van der Waals surface area contributed by atoms with Crippen LogP contribution < -0.4 is 15.2 Å². The van der Waals surface area contributed by atoms with Gasteiger partial charge in [-0.2, -0.15) is 0 Å². The number of methoxy groups -OCH3 is 1. The maximum atomic E-state index is 14.9. The van der Waals surface area contributed by atoms with Crippen LogP contribution in [0.15, 0.2) is 59.0 Å². The second-order valence-electron chi connectivity index (χ2n) is 7.88. The number of carboxylic acids is 1. The topological polar surface area (TPSA) is 94.9 Å². The Morgan fingerprint density at radius 3 is 2.65 bits per heavy atom. The third kappa shape index (κ3) is 4.61. The first-order valence-corrected chi connectivity index (χ1v) is 11.0. The molecule has 0 fully saturated rings. The van der Waals surface area contributed by atoms with Crippen LogP contribution in [0.4, 0.5) is 4.39 Å². The molecule has 7 heteroatoms. The summed E-state index contributed by atoms with van der Waals surface area (Å²) >= 11 is 0. The van der Waals surface area contributed by atoms with Crippen LogP contribution in [0.2, 0.25) is 0 Å². The largest absolute Gasteiger partial charge is 0.497 e. The van der Waals surface area contributed by atoms with Crippen molar-refractivity contribution in [3.63, 3.8) is 0 Å². The molecule has 3 N–H and O–H groups in total. The molecular formula is C27H26FNO5. The molecule has 0 spiro atoms. The number of aryl methyl sites for hydroxylation is 1. The lowest BCUT2D eigenvalue weighted by atomic mass is 9.99. The molecular weight excluding hydrogens is 437 g/mol. The van der Waals surface area contributed by atoms with Crippen LogP contribution in [-0.4, -0.2) is 18.2 Å². The summed E-state index contributed by atoms with van der Waals surface area (Å²) in [5, 5.41) is 10.1. The lowest BCUT2D eigenvalue weighted by Gasteiger charge is -2.13. The number of furan rings is 1. The van der Waals surface area contributed by atoms with Crippen LogP contribution >= 0.6 is 0 Å². The molecule has 0 saturated carbocycles. The van der Waals surface area contributed by atoms with Crippen molar-refractivity contribution < 1.29 is 28.2 Å². The van der Waals surface area contributed by atoms with Gasteiger partial charge in [0.05, 0.1) is 13.5 Å². The molecule has 0 aliphatic heterocycles.